The number of piperazine rings is 1. The van der Waals surface area contributed by atoms with Crippen molar-refractivity contribution in [3.05, 3.63) is 18.5 Å². The fraction of sp³-hybridized carbons (Fsp3) is 0.667. The van der Waals surface area contributed by atoms with Gasteiger partial charge in [0, 0.05) is 38.6 Å². The lowest BCUT2D eigenvalue weighted by molar-refractivity contribution is 0.236. The summed E-state index contributed by atoms with van der Waals surface area (Å²) < 4.78 is 0. The third kappa shape index (κ3) is 3.39. The van der Waals surface area contributed by atoms with Crippen LogP contribution in [0.3, 0.4) is 0 Å². The van der Waals surface area contributed by atoms with Crippen LogP contribution >= 0.6 is 15.9 Å². The molecule has 1 aromatic heterocycles. The van der Waals surface area contributed by atoms with Gasteiger partial charge in [-0.2, -0.15) is 0 Å². The summed E-state index contributed by atoms with van der Waals surface area (Å²) in [5, 5.41) is 0. The van der Waals surface area contributed by atoms with Crippen molar-refractivity contribution in [1.29, 1.82) is 0 Å². The SMILES string of the molecule is CCCC(Br)N1CCN(c2ncccn2)CC1. The van der Waals surface area contributed by atoms with Gasteiger partial charge in [-0.25, -0.2) is 9.97 Å². The van der Waals surface area contributed by atoms with Gasteiger partial charge in [0.15, 0.2) is 0 Å². The molecular formula is C12H19BrN4. The molecule has 1 aliphatic rings. The molecule has 1 saturated heterocycles. The van der Waals surface area contributed by atoms with Crippen molar-refractivity contribution >= 4 is 21.9 Å². The summed E-state index contributed by atoms with van der Waals surface area (Å²) >= 11 is 3.75. The Morgan fingerprint density at radius 1 is 1.24 bits per heavy atom. The van der Waals surface area contributed by atoms with Gasteiger partial charge >= 0.3 is 0 Å². The average molecular weight is 299 g/mol. The lowest BCUT2D eigenvalue weighted by atomic mass is 10.2. The Bertz CT molecular complexity index is 325. The molecule has 1 atom stereocenters. The normalized spacial score (nSPS) is 19.3. The first-order valence-electron chi connectivity index (χ1n) is 6.21. The van der Waals surface area contributed by atoms with Crippen LogP contribution in [-0.2, 0) is 0 Å². The van der Waals surface area contributed by atoms with Gasteiger partial charge in [0.05, 0.1) is 4.95 Å². The van der Waals surface area contributed by atoms with E-state index in [9.17, 15) is 0 Å². The molecule has 0 aromatic carbocycles. The number of halogens is 1. The lowest BCUT2D eigenvalue weighted by Gasteiger charge is -2.37. The standard InChI is InChI=1S/C12H19BrN4/c1-2-4-11(13)16-7-9-17(10-8-16)12-14-5-3-6-15-12/h3,5-6,11H,2,4,7-10H2,1H3. The Labute approximate surface area is 111 Å². The zero-order valence-electron chi connectivity index (χ0n) is 10.2. The molecule has 17 heavy (non-hydrogen) atoms. The van der Waals surface area contributed by atoms with Crippen molar-refractivity contribution in [2.24, 2.45) is 0 Å². The highest BCUT2D eigenvalue weighted by atomic mass is 79.9. The minimum Gasteiger partial charge on any atom is -0.338 e. The molecule has 0 spiro atoms. The molecule has 5 heteroatoms. The Balaban J connectivity index is 1.86. The molecule has 1 aromatic rings. The van der Waals surface area contributed by atoms with Crippen molar-refractivity contribution in [2.45, 2.75) is 24.7 Å². The van der Waals surface area contributed by atoms with Crippen LogP contribution in [0.25, 0.3) is 0 Å². The van der Waals surface area contributed by atoms with Gasteiger partial charge < -0.3 is 4.90 Å². The van der Waals surface area contributed by atoms with E-state index in [2.05, 4.69) is 42.6 Å². The van der Waals surface area contributed by atoms with Crippen LogP contribution in [0.15, 0.2) is 18.5 Å². The molecule has 0 bridgehead atoms. The van der Waals surface area contributed by atoms with Gasteiger partial charge in [-0.15, -0.1) is 0 Å². The number of nitrogens with zero attached hydrogens (tertiary/aromatic N) is 4. The zero-order valence-corrected chi connectivity index (χ0v) is 11.8. The maximum Gasteiger partial charge on any atom is 0.225 e. The topological polar surface area (TPSA) is 32.3 Å². The largest absolute Gasteiger partial charge is 0.338 e. The summed E-state index contributed by atoms with van der Waals surface area (Å²) in [5.41, 5.74) is 0. The first kappa shape index (κ1) is 12.8. The van der Waals surface area contributed by atoms with Crippen molar-refractivity contribution < 1.29 is 0 Å². The lowest BCUT2D eigenvalue weighted by Crippen LogP contribution is -2.49. The number of hydrogen-bond acceptors (Lipinski definition) is 4. The fourth-order valence-corrected chi connectivity index (χ4v) is 2.94. The quantitative estimate of drug-likeness (QED) is 0.630. The van der Waals surface area contributed by atoms with Crippen LogP contribution in [0.1, 0.15) is 19.8 Å². The summed E-state index contributed by atoms with van der Waals surface area (Å²) in [4.78, 5) is 13.8. The van der Waals surface area contributed by atoms with E-state index in [-0.39, 0.29) is 0 Å². The van der Waals surface area contributed by atoms with Crippen LogP contribution in [0.2, 0.25) is 0 Å². The second-order valence-electron chi connectivity index (χ2n) is 4.29. The van der Waals surface area contributed by atoms with Gasteiger partial charge in [-0.1, -0.05) is 29.3 Å². The average Bonchev–Trinajstić information content (AvgIpc) is 2.40. The molecule has 1 unspecified atom stereocenters. The van der Waals surface area contributed by atoms with Crippen LogP contribution < -0.4 is 4.90 Å². The molecule has 1 aliphatic heterocycles. The highest BCUT2D eigenvalue weighted by Crippen LogP contribution is 2.17. The van der Waals surface area contributed by atoms with Crippen molar-refractivity contribution in [3.8, 4) is 0 Å². The van der Waals surface area contributed by atoms with Gasteiger partial charge in [0.25, 0.3) is 0 Å². The van der Waals surface area contributed by atoms with Gasteiger partial charge in [0.2, 0.25) is 5.95 Å². The first-order chi connectivity index (χ1) is 8.31. The van der Waals surface area contributed by atoms with Crippen LogP contribution in [-0.4, -0.2) is 46.0 Å². The highest BCUT2D eigenvalue weighted by Gasteiger charge is 2.22. The van der Waals surface area contributed by atoms with Gasteiger partial charge in [-0.05, 0) is 12.5 Å². The predicted octanol–water partition coefficient (Wildman–Crippen LogP) is 2.12. The second kappa shape index (κ2) is 6.31. The third-order valence-corrected chi connectivity index (χ3v) is 4.11. The van der Waals surface area contributed by atoms with Crippen molar-refractivity contribution in [3.63, 3.8) is 0 Å². The highest BCUT2D eigenvalue weighted by molar-refractivity contribution is 9.09. The van der Waals surface area contributed by atoms with Gasteiger partial charge in [-0.3, -0.25) is 4.90 Å². The van der Waals surface area contributed by atoms with Gasteiger partial charge in [0.1, 0.15) is 0 Å². The van der Waals surface area contributed by atoms with E-state index in [4.69, 9.17) is 0 Å². The number of rotatable bonds is 4. The second-order valence-corrected chi connectivity index (χ2v) is 5.35. The van der Waals surface area contributed by atoms with Crippen LogP contribution in [0.5, 0.6) is 0 Å². The summed E-state index contributed by atoms with van der Waals surface area (Å²) in [7, 11) is 0. The predicted molar refractivity (Wildman–Crippen MR) is 73.4 cm³/mol. The molecular weight excluding hydrogens is 280 g/mol. The number of aromatic nitrogens is 2. The van der Waals surface area contributed by atoms with Crippen molar-refractivity contribution in [2.75, 3.05) is 31.1 Å². The molecule has 1 fully saturated rings. The molecule has 0 N–H and O–H groups in total. The summed E-state index contributed by atoms with van der Waals surface area (Å²) in [6.07, 6.45) is 6.04. The van der Waals surface area contributed by atoms with E-state index in [0.29, 0.717) is 4.95 Å². The minimum atomic E-state index is 0.520. The Hall–Kier alpha value is -0.680. The minimum absolute atomic E-state index is 0.520. The smallest absolute Gasteiger partial charge is 0.225 e. The Morgan fingerprint density at radius 3 is 2.47 bits per heavy atom. The maximum atomic E-state index is 4.29. The number of alkyl halides is 1. The molecule has 2 heterocycles. The molecule has 0 amide bonds. The molecule has 0 aliphatic carbocycles. The summed E-state index contributed by atoms with van der Waals surface area (Å²) in [6, 6.07) is 1.86. The van der Waals surface area contributed by atoms with Crippen molar-refractivity contribution in [1.82, 2.24) is 14.9 Å². The van der Waals surface area contributed by atoms with E-state index in [1.165, 1.54) is 12.8 Å². The van der Waals surface area contributed by atoms with E-state index in [1.807, 2.05) is 6.07 Å². The molecule has 0 radical (unpaired) electrons. The molecule has 2 rings (SSSR count). The molecule has 94 valence electrons. The summed E-state index contributed by atoms with van der Waals surface area (Å²) in [5.74, 6) is 0.855. The van der Waals surface area contributed by atoms with Crippen LogP contribution in [0.4, 0.5) is 5.95 Å². The van der Waals surface area contributed by atoms with Crippen LogP contribution in [0, 0.1) is 0 Å². The number of anilines is 1. The monoisotopic (exact) mass is 298 g/mol. The Morgan fingerprint density at radius 2 is 1.88 bits per heavy atom. The van der Waals surface area contributed by atoms with E-state index >= 15 is 0 Å². The first-order valence-corrected chi connectivity index (χ1v) is 7.13. The summed E-state index contributed by atoms with van der Waals surface area (Å²) in [6.45, 7) is 6.40. The fourth-order valence-electron chi connectivity index (χ4n) is 2.08. The third-order valence-electron chi connectivity index (χ3n) is 3.07. The van der Waals surface area contributed by atoms with E-state index < -0.39 is 0 Å². The van der Waals surface area contributed by atoms with E-state index in [0.717, 1.165) is 32.1 Å². The zero-order chi connectivity index (χ0) is 12.1. The molecule has 4 nitrogen and oxygen atoms in total. The Kier molecular flexibility index (Phi) is 4.74. The molecule has 0 saturated carbocycles. The maximum absolute atomic E-state index is 4.29. The van der Waals surface area contributed by atoms with E-state index in [1.54, 1.807) is 12.4 Å². The number of hydrogen-bond donors (Lipinski definition) is 0.